The Bertz CT molecular complexity index is 995. The van der Waals surface area contributed by atoms with Crippen LogP contribution < -0.4 is 11.1 Å². The number of halogens is 1. The molecule has 37 heavy (non-hydrogen) atoms. The predicted octanol–water partition coefficient (Wildman–Crippen LogP) is 4.51. The van der Waals surface area contributed by atoms with Gasteiger partial charge in [-0.2, -0.15) is 0 Å². The molecule has 2 rings (SSSR count). The molecule has 0 saturated heterocycles. The Morgan fingerprint density at radius 3 is 2.43 bits per heavy atom. The number of nitrogens with one attached hydrogen (secondary N) is 1. The van der Waals surface area contributed by atoms with Crippen LogP contribution in [0.2, 0.25) is 0 Å². The summed E-state index contributed by atoms with van der Waals surface area (Å²) in [5.41, 5.74) is 7.61. The van der Waals surface area contributed by atoms with E-state index in [2.05, 4.69) is 5.32 Å². The summed E-state index contributed by atoms with van der Waals surface area (Å²) in [4.78, 5) is 24.4. The van der Waals surface area contributed by atoms with Crippen molar-refractivity contribution < 1.29 is 33.3 Å². The standard InChI is InChI=1S/C28H41FN2O6/c1-16-10-20-13-21(29)15-22(14-20)31-27(33)17(2)8-7-9-23(35-5)26(37-28(30)34)19(4)12-18(3)25(32)24(11-16)36-6/h8,12-16,18,23-26,32H,7,9-11H2,1-6H3,(H2,30,34)(H,31,33)/b17-8+,19-12+/t16-,18+,23+,24+,25-,26+/m1/s1. The number of fused-ring (bicyclic) bond motifs is 2. The van der Waals surface area contributed by atoms with Gasteiger partial charge in [0.1, 0.15) is 5.82 Å². The van der Waals surface area contributed by atoms with Crippen LogP contribution in [0.3, 0.4) is 0 Å². The second kappa shape index (κ2) is 14.3. The molecule has 206 valence electrons. The van der Waals surface area contributed by atoms with E-state index in [1.807, 2.05) is 19.9 Å². The number of hydrogen-bond acceptors (Lipinski definition) is 6. The SMILES string of the molecule is CO[C@H]1C[C@H](C)Cc2cc(F)cc(c2)NC(=O)/C(C)=C/CC[C@H](OC)[C@@H](OC(N)=O)/C(C)=C/[C@H](C)[C@H]1O. The molecule has 1 aromatic carbocycles. The second-order valence-corrected chi connectivity index (χ2v) is 9.98. The third-order valence-corrected chi connectivity index (χ3v) is 6.77. The fourth-order valence-corrected chi connectivity index (χ4v) is 4.81. The van der Waals surface area contributed by atoms with Crippen molar-refractivity contribution in [1.29, 1.82) is 0 Å². The summed E-state index contributed by atoms with van der Waals surface area (Å²) in [6.45, 7) is 7.34. The fourth-order valence-electron chi connectivity index (χ4n) is 4.81. The van der Waals surface area contributed by atoms with Crippen molar-refractivity contribution >= 4 is 17.7 Å². The van der Waals surface area contributed by atoms with Gasteiger partial charge in [-0.25, -0.2) is 9.18 Å². The van der Waals surface area contributed by atoms with Crippen molar-refractivity contribution in [2.45, 2.75) is 77.8 Å². The number of aliphatic hydroxyl groups excluding tert-OH is 1. The number of hydrogen-bond donors (Lipinski definition) is 3. The number of rotatable bonds is 3. The maximum Gasteiger partial charge on any atom is 0.405 e. The van der Waals surface area contributed by atoms with Crippen LogP contribution in [0.15, 0.2) is 41.5 Å². The van der Waals surface area contributed by atoms with Gasteiger partial charge < -0.3 is 30.4 Å². The van der Waals surface area contributed by atoms with Crippen LogP contribution in [0.25, 0.3) is 0 Å². The molecule has 0 saturated carbocycles. The normalized spacial score (nSPS) is 31.4. The quantitative estimate of drug-likeness (QED) is 0.505. The highest BCUT2D eigenvalue weighted by Gasteiger charge is 2.30. The zero-order chi connectivity index (χ0) is 27.7. The van der Waals surface area contributed by atoms with Gasteiger partial charge in [0.25, 0.3) is 5.91 Å². The molecule has 2 amide bonds. The average Bonchev–Trinajstić information content (AvgIpc) is 2.82. The van der Waals surface area contributed by atoms with Crippen LogP contribution in [0.5, 0.6) is 0 Å². The average molecular weight is 521 g/mol. The van der Waals surface area contributed by atoms with E-state index in [1.54, 1.807) is 33.1 Å². The summed E-state index contributed by atoms with van der Waals surface area (Å²) >= 11 is 0. The molecule has 1 aliphatic heterocycles. The van der Waals surface area contributed by atoms with E-state index in [4.69, 9.17) is 19.9 Å². The van der Waals surface area contributed by atoms with Gasteiger partial charge >= 0.3 is 6.09 Å². The summed E-state index contributed by atoms with van der Waals surface area (Å²) in [5.74, 6) is -1.06. The first-order valence-corrected chi connectivity index (χ1v) is 12.6. The lowest BCUT2D eigenvalue weighted by Gasteiger charge is -2.30. The number of carbonyl (C=O) groups is 2. The van der Waals surface area contributed by atoms with Crippen LogP contribution in [-0.4, -0.2) is 55.7 Å². The van der Waals surface area contributed by atoms with Crippen LogP contribution in [-0.2, 0) is 25.4 Å². The first kappa shape index (κ1) is 30.5. The Kier molecular flexibility index (Phi) is 11.7. The van der Waals surface area contributed by atoms with Gasteiger partial charge in [-0.05, 0) is 74.8 Å². The van der Waals surface area contributed by atoms with Gasteiger partial charge in [-0.1, -0.05) is 26.0 Å². The lowest BCUT2D eigenvalue weighted by molar-refractivity contribution is -0.112. The molecule has 0 aliphatic carbocycles. The minimum Gasteiger partial charge on any atom is -0.439 e. The third-order valence-electron chi connectivity index (χ3n) is 6.77. The van der Waals surface area contributed by atoms with Gasteiger partial charge in [0.15, 0.2) is 6.10 Å². The van der Waals surface area contributed by atoms with Crippen LogP contribution in [0.4, 0.5) is 14.9 Å². The molecule has 0 radical (unpaired) electrons. The molecule has 9 heteroatoms. The molecule has 1 aromatic rings. The van der Waals surface area contributed by atoms with Crippen molar-refractivity contribution in [2.75, 3.05) is 19.5 Å². The Hall–Kier alpha value is -2.75. The van der Waals surface area contributed by atoms with E-state index in [9.17, 15) is 19.1 Å². The number of ether oxygens (including phenoxy) is 3. The van der Waals surface area contributed by atoms with Crippen LogP contribution >= 0.6 is 0 Å². The summed E-state index contributed by atoms with van der Waals surface area (Å²) < 4.78 is 31.0. The first-order chi connectivity index (χ1) is 17.4. The summed E-state index contributed by atoms with van der Waals surface area (Å²) in [5, 5.41) is 13.8. The zero-order valence-electron chi connectivity index (χ0n) is 22.6. The Morgan fingerprint density at radius 1 is 1.14 bits per heavy atom. The van der Waals surface area contributed by atoms with Crippen molar-refractivity contribution in [2.24, 2.45) is 17.6 Å². The number of benzene rings is 1. The maximum atomic E-state index is 14.3. The van der Waals surface area contributed by atoms with Crippen molar-refractivity contribution in [1.82, 2.24) is 0 Å². The smallest absolute Gasteiger partial charge is 0.405 e. The van der Waals surface area contributed by atoms with Gasteiger partial charge in [-0.3, -0.25) is 4.79 Å². The van der Waals surface area contributed by atoms with E-state index in [0.717, 1.165) is 5.56 Å². The van der Waals surface area contributed by atoms with Crippen LogP contribution in [0.1, 0.15) is 52.5 Å². The highest BCUT2D eigenvalue weighted by molar-refractivity contribution is 6.03. The Morgan fingerprint density at radius 2 is 1.81 bits per heavy atom. The zero-order valence-corrected chi connectivity index (χ0v) is 22.6. The van der Waals surface area contributed by atoms with E-state index < -0.39 is 36.3 Å². The molecular weight excluding hydrogens is 479 g/mol. The molecule has 0 fully saturated rings. The molecule has 4 N–H and O–H groups in total. The van der Waals surface area contributed by atoms with Crippen molar-refractivity contribution in [3.63, 3.8) is 0 Å². The Balaban J connectivity index is 2.47. The minimum atomic E-state index is -0.935. The number of methoxy groups -OCH3 is 2. The van der Waals surface area contributed by atoms with Gasteiger partial charge in [0.05, 0.1) is 18.3 Å². The molecule has 8 nitrogen and oxygen atoms in total. The summed E-state index contributed by atoms with van der Waals surface area (Å²) in [6.07, 6.45) is 1.98. The second-order valence-electron chi connectivity index (χ2n) is 9.98. The van der Waals surface area contributed by atoms with Crippen molar-refractivity contribution in [3.05, 3.63) is 52.9 Å². The topological polar surface area (TPSA) is 120 Å². The molecule has 0 aromatic heterocycles. The van der Waals surface area contributed by atoms with Crippen molar-refractivity contribution in [3.8, 4) is 0 Å². The highest BCUT2D eigenvalue weighted by atomic mass is 19.1. The number of primary amides is 1. The number of anilines is 1. The molecule has 0 unspecified atom stereocenters. The summed E-state index contributed by atoms with van der Waals surface area (Å²) in [6, 6.07) is 4.50. The number of carbonyl (C=O) groups excluding carboxylic acids is 2. The maximum absolute atomic E-state index is 14.3. The monoisotopic (exact) mass is 520 g/mol. The van der Waals surface area contributed by atoms with E-state index in [-0.39, 0.29) is 17.7 Å². The molecule has 2 bridgehead atoms. The summed E-state index contributed by atoms with van der Waals surface area (Å²) in [7, 11) is 3.06. The molecule has 1 aliphatic rings. The molecule has 1 heterocycles. The lowest BCUT2D eigenvalue weighted by atomic mass is 9.88. The fraction of sp³-hybridized carbons (Fsp3) is 0.571. The number of allylic oxidation sites excluding steroid dienone is 1. The van der Waals surface area contributed by atoms with E-state index >= 15 is 0 Å². The number of nitrogens with two attached hydrogens (primary N) is 1. The van der Waals surface area contributed by atoms with Gasteiger partial charge in [0.2, 0.25) is 0 Å². The number of amides is 2. The molecule has 0 spiro atoms. The van der Waals surface area contributed by atoms with Gasteiger partial charge in [0, 0.05) is 31.4 Å². The molecule has 6 atom stereocenters. The molecular formula is C28H41FN2O6. The van der Waals surface area contributed by atoms with E-state index in [0.29, 0.717) is 42.5 Å². The third kappa shape index (κ3) is 9.25. The van der Waals surface area contributed by atoms with Gasteiger partial charge in [-0.15, -0.1) is 0 Å². The highest BCUT2D eigenvalue weighted by Crippen LogP contribution is 2.26. The minimum absolute atomic E-state index is 0.0507. The van der Waals surface area contributed by atoms with E-state index in [1.165, 1.54) is 19.2 Å². The number of aliphatic hydroxyl groups is 1. The largest absolute Gasteiger partial charge is 0.439 e. The predicted molar refractivity (Wildman–Crippen MR) is 140 cm³/mol. The lowest BCUT2D eigenvalue weighted by Crippen LogP contribution is -2.37. The van der Waals surface area contributed by atoms with Crippen LogP contribution in [0, 0.1) is 17.7 Å². The Labute approximate surface area is 219 Å². The first-order valence-electron chi connectivity index (χ1n) is 12.6.